The molecule has 1 aromatic heterocycles. The van der Waals surface area contributed by atoms with E-state index in [0.717, 1.165) is 21.9 Å². The number of thioether (sulfide) groups is 1. The van der Waals surface area contributed by atoms with Crippen molar-refractivity contribution in [3.05, 3.63) is 44.2 Å². The Balaban J connectivity index is 1.66. The lowest BCUT2D eigenvalue weighted by molar-refractivity contribution is -0.137. The molecule has 152 valence electrons. The average Bonchev–Trinajstić information content (AvgIpc) is 3.23. The summed E-state index contributed by atoms with van der Waals surface area (Å²) < 4.78 is 0.516. The molecule has 0 spiro atoms. The smallest absolute Gasteiger partial charge is 0.303 e. The van der Waals surface area contributed by atoms with Gasteiger partial charge in [0.05, 0.1) is 9.93 Å². The zero-order valence-corrected chi connectivity index (χ0v) is 19.0. The Hall–Kier alpha value is -1.45. The molecule has 2 aromatic rings. The summed E-state index contributed by atoms with van der Waals surface area (Å²) in [5.74, 6) is -0.935. The number of hydrogen-bond donors (Lipinski definition) is 1. The van der Waals surface area contributed by atoms with Gasteiger partial charge >= 0.3 is 5.97 Å². The first-order valence-corrected chi connectivity index (χ1v) is 11.5. The van der Waals surface area contributed by atoms with Crippen LogP contribution in [0.3, 0.4) is 0 Å². The van der Waals surface area contributed by atoms with Crippen LogP contribution in [0, 0.1) is 0 Å². The van der Waals surface area contributed by atoms with E-state index in [1.165, 1.54) is 23.1 Å². The molecule has 5 nitrogen and oxygen atoms in total. The van der Waals surface area contributed by atoms with Gasteiger partial charge in [-0.25, -0.2) is 4.98 Å². The van der Waals surface area contributed by atoms with E-state index in [1.54, 1.807) is 35.4 Å². The lowest BCUT2D eigenvalue weighted by Crippen LogP contribution is -2.29. The number of thiazole rings is 1. The number of carbonyl (C=O) groups is 2. The first-order chi connectivity index (χ1) is 13.8. The number of amides is 1. The molecule has 1 amide bonds. The fourth-order valence-corrected chi connectivity index (χ4v) is 5.38. The minimum Gasteiger partial charge on any atom is -0.481 e. The third-order valence-corrected chi connectivity index (χ3v) is 7.02. The zero-order valence-electron chi connectivity index (χ0n) is 15.1. The second-order valence-electron chi connectivity index (χ2n) is 6.23. The van der Waals surface area contributed by atoms with Crippen LogP contribution in [-0.2, 0) is 9.59 Å². The largest absolute Gasteiger partial charge is 0.481 e. The van der Waals surface area contributed by atoms with Crippen LogP contribution in [0.15, 0.2) is 29.3 Å². The fourth-order valence-electron chi connectivity index (χ4n) is 2.68. The highest BCUT2D eigenvalue weighted by atomic mass is 35.5. The second kappa shape index (κ2) is 10.0. The molecule has 0 bridgehead atoms. The zero-order chi connectivity index (χ0) is 21.0. The molecule has 0 atom stereocenters. The van der Waals surface area contributed by atoms with Crippen LogP contribution in [0.4, 0.5) is 0 Å². The van der Waals surface area contributed by atoms with Gasteiger partial charge in [-0.1, -0.05) is 53.6 Å². The number of aliphatic carboxylic acids is 1. The van der Waals surface area contributed by atoms with Crippen molar-refractivity contribution in [2.24, 2.45) is 0 Å². The summed E-state index contributed by atoms with van der Waals surface area (Å²) >= 11 is 20.3. The van der Waals surface area contributed by atoms with E-state index < -0.39 is 5.97 Å². The number of thiocarbonyl (C=S) groups is 1. The number of halogens is 2. The van der Waals surface area contributed by atoms with E-state index in [1.807, 2.05) is 0 Å². The highest BCUT2D eigenvalue weighted by Crippen LogP contribution is 2.37. The van der Waals surface area contributed by atoms with E-state index in [0.29, 0.717) is 38.7 Å². The number of carboxylic acids is 1. The molecule has 10 heteroatoms. The van der Waals surface area contributed by atoms with Gasteiger partial charge in [0.1, 0.15) is 9.33 Å². The standard InChI is InChI=1S/C19H16Cl2N2O3S3/c20-11-5-6-14(21)13(8-11)17-22-10-12(28-17)9-15-18(26)23(19(27)29-15)7-3-1-2-4-16(24)25/h5-6,8-10H,1-4,7H2,(H,24,25)/b15-9-. The summed E-state index contributed by atoms with van der Waals surface area (Å²) in [5.41, 5.74) is 0.748. The third kappa shape index (κ3) is 5.79. The number of aromatic nitrogens is 1. The minimum absolute atomic E-state index is 0.131. The van der Waals surface area contributed by atoms with Crippen molar-refractivity contribution in [1.82, 2.24) is 9.88 Å². The Kier molecular flexibility index (Phi) is 7.70. The van der Waals surface area contributed by atoms with Crippen LogP contribution in [0.2, 0.25) is 10.0 Å². The lowest BCUT2D eigenvalue weighted by Gasteiger charge is -2.13. The molecule has 2 heterocycles. The predicted molar refractivity (Wildman–Crippen MR) is 124 cm³/mol. The fraction of sp³-hybridized carbons (Fsp3) is 0.263. The maximum atomic E-state index is 12.7. The molecule has 0 aliphatic carbocycles. The summed E-state index contributed by atoms with van der Waals surface area (Å²) in [6.45, 7) is 0.494. The molecule has 1 aromatic carbocycles. The molecule has 0 unspecified atom stereocenters. The summed E-state index contributed by atoms with van der Waals surface area (Å²) in [7, 11) is 0. The molecule has 0 radical (unpaired) electrons. The predicted octanol–water partition coefficient (Wildman–Crippen LogP) is 5.96. The Morgan fingerprint density at radius 2 is 2.07 bits per heavy atom. The van der Waals surface area contributed by atoms with E-state index in [2.05, 4.69) is 4.98 Å². The van der Waals surface area contributed by atoms with Crippen LogP contribution >= 0.6 is 58.5 Å². The number of carbonyl (C=O) groups excluding carboxylic acids is 1. The number of hydrogen-bond acceptors (Lipinski definition) is 6. The molecule has 0 saturated carbocycles. The Labute approximate surface area is 191 Å². The monoisotopic (exact) mass is 486 g/mol. The Bertz CT molecular complexity index is 991. The van der Waals surface area contributed by atoms with E-state index >= 15 is 0 Å². The Morgan fingerprint density at radius 1 is 1.28 bits per heavy atom. The van der Waals surface area contributed by atoms with Crippen LogP contribution < -0.4 is 0 Å². The molecular formula is C19H16Cl2N2O3S3. The van der Waals surface area contributed by atoms with Gasteiger partial charge in [-0.05, 0) is 37.1 Å². The number of carboxylic acid groups (broad SMARTS) is 1. The van der Waals surface area contributed by atoms with Gasteiger partial charge < -0.3 is 5.11 Å². The van der Waals surface area contributed by atoms with Gasteiger partial charge in [0.2, 0.25) is 0 Å². The van der Waals surface area contributed by atoms with Crippen molar-refractivity contribution in [3.8, 4) is 10.6 Å². The van der Waals surface area contributed by atoms with Gasteiger partial charge in [0.25, 0.3) is 5.91 Å². The van der Waals surface area contributed by atoms with Gasteiger partial charge in [-0.15, -0.1) is 11.3 Å². The van der Waals surface area contributed by atoms with Crippen molar-refractivity contribution in [3.63, 3.8) is 0 Å². The molecule has 1 fully saturated rings. The van der Waals surface area contributed by atoms with Gasteiger partial charge in [0, 0.05) is 34.6 Å². The summed E-state index contributed by atoms with van der Waals surface area (Å²) in [5, 5.41) is 10.5. The third-order valence-electron chi connectivity index (χ3n) is 4.10. The molecular weight excluding hydrogens is 471 g/mol. The normalized spacial score (nSPS) is 15.5. The maximum absolute atomic E-state index is 12.7. The topological polar surface area (TPSA) is 70.5 Å². The summed E-state index contributed by atoms with van der Waals surface area (Å²) in [4.78, 5) is 30.6. The van der Waals surface area contributed by atoms with Gasteiger partial charge in [0.15, 0.2) is 0 Å². The first kappa shape index (κ1) is 22.2. The molecule has 1 saturated heterocycles. The van der Waals surface area contributed by atoms with Crippen molar-refractivity contribution in [2.75, 3.05) is 6.54 Å². The van der Waals surface area contributed by atoms with Gasteiger partial charge in [-0.3, -0.25) is 14.5 Å². The van der Waals surface area contributed by atoms with E-state index in [-0.39, 0.29) is 12.3 Å². The average molecular weight is 487 g/mol. The van der Waals surface area contributed by atoms with Crippen molar-refractivity contribution in [1.29, 1.82) is 0 Å². The highest BCUT2D eigenvalue weighted by molar-refractivity contribution is 8.26. The highest BCUT2D eigenvalue weighted by Gasteiger charge is 2.31. The quantitative estimate of drug-likeness (QED) is 0.281. The number of unbranched alkanes of at least 4 members (excludes halogenated alkanes) is 2. The number of benzene rings is 1. The van der Waals surface area contributed by atoms with Gasteiger partial charge in [-0.2, -0.15) is 0 Å². The lowest BCUT2D eigenvalue weighted by atomic mass is 10.2. The van der Waals surface area contributed by atoms with Crippen LogP contribution in [0.1, 0.15) is 30.6 Å². The summed E-state index contributed by atoms with van der Waals surface area (Å²) in [6.07, 6.45) is 5.66. The van der Waals surface area contributed by atoms with E-state index in [9.17, 15) is 9.59 Å². The van der Waals surface area contributed by atoms with Crippen molar-refractivity contribution in [2.45, 2.75) is 25.7 Å². The molecule has 1 N–H and O–H groups in total. The summed E-state index contributed by atoms with van der Waals surface area (Å²) in [6, 6.07) is 5.20. The van der Waals surface area contributed by atoms with Crippen LogP contribution in [0.5, 0.6) is 0 Å². The number of rotatable bonds is 8. The van der Waals surface area contributed by atoms with Crippen molar-refractivity contribution < 1.29 is 14.7 Å². The maximum Gasteiger partial charge on any atom is 0.303 e. The first-order valence-electron chi connectivity index (χ1n) is 8.73. The van der Waals surface area contributed by atoms with E-state index in [4.69, 9.17) is 40.5 Å². The van der Waals surface area contributed by atoms with Crippen LogP contribution in [0.25, 0.3) is 16.6 Å². The van der Waals surface area contributed by atoms with Crippen molar-refractivity contribution >= 4 is 80.8 Å². The number of nitrogens with zero attached hydrogens (tertiary/aromatic N) is 2. The molecule has 29 heavy (non-hydrogen) atoms. The Morgan fingerprint density at radius 3 is 2.83 bits per heavy atom. The SMILES string of the molecule is O=C(O)CCCCCN1C(=O)/C(=C/c2cnc(-c3cc(Cl)ccc3Cl)s2)SC1=S. The molecule has 1 aliphatic heterocycles. The molecule has 3 rings (SSSR count). The van der Waals surface area contributed by atoms with Crippen LogP contribution in [-0.4, -0.2) is 37.7 Å². The second-order valence-corrected chi connectivity index (χ2v) is 9.81. The molecule has 1 aliphatic rings. The minimum atomic E-state index is -0.804.